The molecule has 1 aromatic rings. The zero-order valence-electron chi connectivity index (χ0n) is 15.2. The topological polar surface area (TPSA) is 91.9 Å². The first-order valence-corrected chi connectivity index (χ1v) is 10.3. The smallest absolute Gasteiger partial charge is 0.237 e. The number of benzene rings is 1. The first kappa shape index (κ1) is 19.7. The number of hydrogen-bond donors (Lipinski definition) is 2. The molecule has 1 aliphatic carbocycles. The maximum atomic E-state index is 12.3. The molecule has 1 saturated heterocycles. The second-order valence-electron chi connectivity index (χ2n) is 7.25. The lowest BCUT2D eigenvalue weighted by atomic mass is 9.91. The van der Waals surface area contributed by atoms with Crippen LogP contribution in [-0.2, 0) is 4.79 Å². The van der Waals surface area contributed by atoms with Crippen LogP contribution in [0.4, 0.5) is 5.69 Å². The van der Waals surface area contributed by atoms with Gasteiger partial charge in [0.1, 0.15) is 12.1 Å². The zero-order chi connectivity index (χ0) is 19.2. The predicted molar refractivity (Wildman–Crippen MR) is 107 cm³/mol. The number of nitrogens with one attached hydrogen (secondary N) is 2. The molecule has 0 radical (unpaired) electrons. The molecule has 0 bridgehead atoms. The highest BCUT2D eigenvalue weighted by Crippen LogP contribution is 2.26. The Hall–Kier alpha value is -2.09. The first-order valence-electron chi connectivity index (χ1n) is 9.49. The minimum Gasteiger partial charge on any atom is -0.381 e. The Balaban J connectivity index is 1.44. The molecule has 6 nitrogen and oxygen atoms in total. The average Bonchev–Trinajstić information content (AvgIpc) is 3.17. The first-order chi connectivity index (χ1) is 13.1. The molecule has 1 amide bonds. The van der Waals surface area contributed by atoms with Crippen molar-refractivity contribution in [3.63, 3.8) is 0 Å². The molecule has 3 rings (SSSR count). The minimum absolute atomic E-state index is 0.0350. The third-order valence-electron chi connectivity index (χ3n) is 5.45. The summed E-state index contributed by atoms with van der Waals surface area (Å²) in [6.45, 7) is 1.01. The number of likely N-dealkylation sites (tertiary alicyclic amines) is 1. The quantitative estimate of drug-likeness (QED) is 0.749. The number of halogens is 1. The van der Waals surface area contributed by atoms with Crippen molar-refractivity contribution in [2.45, 2.75) is 56.7 Å². The third kappa shape index (κ3) is 5.00. The molecule has 7 heteroatoms. The summed E-state index contributed by atoms with van der Waals surface area (Å²) < 4.78 is 0.902. The van der Waals surface area contributed by atoms with Gasteiger partial charge in [0, 0.05) is 23.1 Å². The van der Waals surface area contributed by atoms with Gasteiger partial charge >= 0.3 is 0 Å². The molecule has 1 aliphatic heterocycles. The Morgan fingerprint density at radius 3 is 2.63 bits per heavy atom. The van der Waals surface area contributed by atoms with E-state index in [2.05, 4.69) is 38.7 Å². The Labute approximate surface area is 168 Å². The molecule has 142 valence electrons. The fourth-order valence-electron chi connectivity index (χ4n) is 3.93. The lowest BCUT2D eigenvalue weighted by molar-refractivity contribution is -0.130. The number of anilines is 1. The van der Waals surface area contributed by atoms with Gasteiger partial charge in [-0.1, -0.05) is 15.9 Å². The third-order valence-corrected chi connectivity index (χ3v) is 5.95. The monoisotopic (exact) mass is 429 g/mol. The highest BCUT2D eigenvalue weighted by Gasteiger charge is 2.29. The van der Waals surface area contributed by atoms with E-state index >= 15 is 0 Å². The minimum atomic E-state index is -0.250. The Morgan fingerprint density at radius 1 is 1.19 bits per heavy atom. The van der Waals surface area contributed by atoms with Crippen molar-refractivity contribution in [1.82, 2.24) is 10.2 Å². The number of carbonyl (C=O) groups is 1. The van der Waals surface area contributed by atoms with Gasteiger partial charge in [-0.25, -0.2) is 0 Å². The maximum absolute atomic E-state index is 12.3. The number of nitrogens with zero attached hydrogens (tertiary/aromatic N) is 3. The van der Waals surface area contributed by atoms with Gasteiger partial charge in [-0.3, -0.25) is 4.79 Å². The van der Waals surface area contributed by atoms with Gasteiger partial charge in [-0.15, -0.1) is 0 Å². The fraction of sp³-hybridized carbons (Fsp3) is 0.550. The molecule has 1 saturated carbocycles. The molecule has 1 heterocycles. The van der Waals surface area contributed by atoms with Gasteiger partial charge in [0.2, 0.25) is 5.91 Å². The number of nitriles is 2. The lowest BCUT2D eigenvalue weighted by Gasteiger charge is -2.31. The number of amides is 1. The molecular formula is C20H24BrN5O. The summed E-state index contributed by atoms with van der Waals surface area (Å²) in [5.41, 5.74) is 1.52. The predicted octanol–water partition coefficient (Wildman–Crippen LogP) is 3.15. The molecule has 2 fully saturated rings. The maximum Gasteiger partial charge on any atom is 0.237 e. The lowest BCUT2D eigenvalue weighted by Crippen LogP contribution is -2.45. The van der Waals surface area contributed by atoms with Crippen molar-refractivity contribution in [2.75, 3.05) is 18.4 Å². The molecule has 1 aromatic carbocycles. The van der Waals surface area contributed by atoms with Crippen molar-refractivity contribution in [1.29, 1.82) is 10.5 Å². The van der Waals surface area contributed by atoms with Crippen molar-refractivity contribution in [3.05, 3.63) is 28.2 Å². The summed E-state index contributed by atoms with van der Waals surface area (Å²) in [4.78, 5) is 14.0. The van der Waals surface area contributed by atoms with Gasteiger partial charge in [0.25, 0.3) is 0 Å². The van der Waals surface area contributed by atoms with Crippen LogP contribution in [0.5, 0.6) is 0 Å². The van der Waals surface area contributed by atoms with Crippen LogP contribution in [0.2, 0.25) is 0 Å². The van der Waals surface area contributed by atoms with Crippen LogP contribution in [0.25, 0.3) is 0 Å². The van der Waals surface area contributed by atoms with E-state index in [4.69, 9.17) is 5.26 Å². The van der Waals surface area contributed by atoms with Crippen LogP contribution in [-0.4, -0.2) is 42.0 Å². The van der Waals surface area contributed by atoms with Crippen LogP contribution < -0.4 is 10.6 Å². The van der Waals surface area contributed by atoms with E-state index in [0.29, 0.717) is 30.7 Å². The standard InChI is InChI=1S/C20H24BrN5O/c21-15-3-8-19(14(10-15)11-22)25-17-6-4-16(5-7-17)24-13-20(27)26-9-1-2-18(26)12-23/h3,8,10,16-18,24-25H,1-2,4-7,9,13H2/t16?,17?,18-/m0/s1. The van der Waals surface area contributed by atoms with Gasteiger partial charge < -0.3 is 15.5 Å². The second kappa shape index (κ2) is 9.21. The SMILES string of the molecule is N#Cc1cc(Br)ccc1NC1CCC(NCC(=O)N2CCC[C@H]2C#N)CC1. The van der Waals surface area contributed by atoms with E-state index in [1.807, 2.05) is 18.2 Å². The van der Waals surface area contributed by atoms with Crippen molar-refractivity contribution in [2.24, 2.45) is 0 Å². The Morgan fingerprint density at radius 2 is 1.93 bits per heavy atom. The van der Waals surface area contributed by atoms with Crippen molar-refractivity contribution in [3.8, 4) is 12.1 Å². The number of carbonyl (C=O) groups excluding carboxylic acids is 1. The summed E-state index contributed by atoms with van der Waals surface area (Å²) in [5, 5.41) is 25.3. The summed E-state index contributed by atoms with van der Waals surface area (Å²) in [7, 11) is 0. The van der Waals surface area contributed by atoms with E-state index in [-0.39, 0.29) is 11.9 Å². The normalized spacial score (nSPS) is 24.9. The molecule has 2 N–H and O–H groups in total. The van der Waals surface area contributed by atoms with Crippen molar-refractivity contribution < 1.29 is 4.79 Å². The van der Waals surface area contributed by atoms with Crippen LogP contribution in [0.15, 0.2) is 22.7 Å². The van der Waals surface area contributed by atoms with E-state index in [9.17, 15) is 10.1 Å². The van der Waals surface area contributed by atoms with Crippen LogP contribution in [0, 0.1) is 22.7 Å². The average molecular weight is 430 g/mol. The number of hydrogen-bond acceptors (Lipinski definition) is 5. The molecule has 1 atom stereocenters. The highest BCUT2D eigenvalue weighted by molar-refractivity contribution is 9.10. The van der Waals surface area contributed by atoms with E-state index in [1.54, 1.807) is 4.90 Å². The zero-order valence-corrected chi connectivity index (χ0v) is 16.8. The van der Waals surface area contributed by atoms with Crippen LogP contribution in [0.1, 0.15) is 44.1 Å². The molecule has 2 aliphatic rings. The summed E-state index contributed by atoms with van der Waals surface area (Å²) >= 11 is 3.40. The Bertz CT molecular complexity index is 761. The fourth-order valence-corrected chi connectivity index (χ4v) is 4.29. The Kier molecular flexibility index (Phi) is 6.71. The van der Waals surface area contributed by atoms with Gasteiger partial charge in [-0.2, -0.15) is 10.5 Å². The summed E-state index contributed by atoms with van der Waals surface area (Å²) in [5.74, 6) is 0.0350. The largest absolute Gasteiger partial charge is 0.381 e. The van der Waals surface area contributed by atoms with E-state index in [1.165, 1.54) is 0 Å². The molecule has 0 unspecified atom stereocenters. The summed E-state index contributed by atoms with van der Waals surface area (Å²) in [6, 6.07) is 10.6. The summed E-state index contributed by atoms with van der Waals surface area (Å²) in [6.07, 6.45) is 5.69. The molecular weight excluding hydrogens is 406 g/mol. The molecule has 0 spiro atoms. The van der Waals surface area contributed by atoms with Gasteiger partial charge in [-0.05, 0) is 56.7 Å². The van der Waals surface area contributed by atoms with Crippen molar-refractivity contribution >= 4 is 27.5 Å². The number of rotatable bonds is 5. The van der Waals surface area contributed by atoms with Crippen LogP contribution >= 0.6 is 15.9 Å². The highest BCUT2D eigenvalue weighted by atomic mass is 79.9. The van der Waals surface area contributed by atoms with Gasteiger partial charge in [0.05, 0.1) is 23.9 Å². The second-order valence-corrected chi connectivity index (χ2v) is 8.17. The van der Waals surface area contributed by atoms with E-state index in [0.717, 1.165) is 48.7 Å². The van der Waals surface area contributed by atoms with Gasteiger partial charge in [0.15, 0.2) is 0 Å². The molecule has 0 aromatic heterocycles. The van der Waals surface area contributed by atoms with Crippen LogP contribution in [0.3, 0.4) is 0 Å². The molecule has 27 heavy (non-hydrogen) atoms. The van der Waals surface area contributed by atoms with E-state index < -0.39 is 0 Å².